The van der Waals surface area contributed by atoms with Gasteiger partial charge < -0.3 is 15.0 Å². The molecule has 2 N–H and O–H groups in total. The van der Waals surface area contributed by atoms with Crippen LogP contribution in [0.5, 0.6) is 0 Å². The van der Waals surface area contributed by atoms with Crippen LogP contribution in [0, 0.1) is 0 Å². The summed E-state index contributed by atoms with van der Waals surface area (Å²) in [6.07, 6.45) is 3.44. The number of hydrogen-bond donors (Lipinski definition) is 2. The van der Waals surface area contributed by atoms with Gasteiger partial charge in [0.25, 0.3) is 5.91 Å². The SMILES string of the molecule is O=C(O)[C@@H]1CCCCN1C(=O)c1cc[nH]c(=O)c1. The molecular weight excluding hydrogens is 236 g/mol. The zero-order chi connectivity index (χ0) is 13.1. The van der Waals surface area contributed by atoms with Crippen molar-refractivity contribution in [1.82, 2.24) is 9.88 Å². The molecule has 1 aromatic heterocycles. The topological polar surface area (TPSA) is 90.5 Å². The second kappa shape index (κ2) is 5.03. The van der Waals surface area contributed by atoms with Crippen molar-refractivity contribution in [3.05, 3.63) is 34.2 Å². The first-order chi connectivity index (χ1) is 8.59. The summed E-state index contributed by atoms with van der Waals surface area (Å²) in [5.41, 5.74) is -0.142. The molecular formula is C12H14N2O4. The number of amides is 1. The summed E-state index contributed by atoms with van der Waals surface area (Å²) in [6, 6.07) is 1.89. The van der Waals surface area contributed by atoms with E-state index in [0.717, 1.165) is 12.8 Å². The van der Waals surface area contributed by atoms with Crippen molar-refractivity contribution in [2.24, 2.45) is 0 Å². The Bertz CT molecular complexity index is 523. The van der Waals surface area contributed by atoms with Crippen LogP contribution in [0.3, 0.4) is 0 Å². The maximum absolute atomic E-state index is 12.2. The minimum absolute atomic E-state index is 0.229. The van der Waals surface area contributed by atoms with Crippen LogP contribution in [0.2, 0.25) is 0 Å². The number of nitrogens with zero attached hydrogens (tertiary/aromatic N) is 1. The predicted molar refractivity (Wildman–Crippen MR) is 63.4 cm³/mol. The normalized spacial score (nSPS) is 19.6. The Balaban J connectivity index is 2.26. The van der Waals surface area contributed by atoms with Crippen LogP contribution in [0.15, 0.2) is 23.1 Å². The smallest absolute Gasteiger partial charge is 0.326 e. The molecule has 6 nitrogen and oxygen atoms in total. The molecule has 0 aromatic carbocycles. The van der Waals surface area contributed by atoms with Crippen LogP contribution in [-0.2, 0) is 4.79 Å². The van der Waals surface area contributed by atoms with Gasteiger partial charge in [0.1, 0.15) is 6.04 Å². The second-order valence-corrected chi connectivity index (χ2v) is 4.29. The number of rotatable bonds is 2. The van der Waals surface area contributed by atoms with Gasteiger partial charge in [0, 0.05) is 24.4 Å². The standard InChI is InChI=1S/C12H14N2O4/c15-10-7-8(4-5-13-10)11(16)14-6-2-1-3-9(14)12(17)18/h4-5,7,9H,1-3,6H2,(H,13,15)(H,17,18)/t9-/m0/s1. The number of aromatic nitrogens is 1. The third kappa shape index (κ3) is 2.42. The number of piperidine rings is 1. The zero-order valence-corrected chi connectivity index (χ0v) is 9.76. The minimum Gasteiger partial charge on any atom is -0.480 e. The highest BCUT2D eigenvalue weighted by Gasteiger charge is 2.32. The number of aliphatic carboxylic acids is 1. The van der Waals surface area contributed by atoms with E-state index in [-0.39, 0.29) is 11.1 Å². The molecule has 1 fully saturated rings. The van der Waals surface area contributed by atoms with Gasteiger partial charge in [-0.15, -0.1) is 0 Å². The molecule has 0 spiro atoms. The molecule has 1 aliphatic rings. The molecule has 2 heterocycles. The van der Waals surface area contributed by atoms with Gasteiger partial charge in [0.2, 0.25) is 5.56 Å². The van der Waals surface area contributed by atoms with E-state index in [1.54, 1.807) is 0 Å². The van der Waals surface area contributed by atoms with Crippen molar-refractivity contribution in [2.75, 3.05) is 6.54 Å². The van der Waals surface area contributed by atoms with E-state index in [4.69, 9.17) is 5.11 Å². The molecule has 6 heteroatoms. The van der Waals surface area contributed by atoms with Crippen molar-refractivity contribution in [2.45, 2.75) is 25.3 Å². The van der Waals surface area contributed by atoms with Gasteiger partial charge in [-0.2, -0.15) is 0 Å². The maximum Gasteiger partial charge on any atom is 0.326 e. The van der Waals surface area contributed by atoms with Crippen LogP contribution in [0.4, 0.5) is 0 Å². The van der Waals surface area contributed by atoms with Crippen LogP contribution in [-0.4, -0.2) is 39.5 Å². The second-order valence-electron chi connectivity index (χ2n) is 4.29. The van der Waals surface area contributed by atoms with E-state index >= 15 is 0 Å². The average Bonchev–Trinajstić information content (AvgIpc) is 2.38. The van der Waals surface area contributed by atoms with Crippen molar-refractivity contribution < 1.29 is 14.7 Å². The van der Waals surface area contributed by atoms with Crippen molar-refractivity contribution in [3.8, 4) is 0 Å². The highest BCUT2D eigenvalue weighted by molar-refractivity contribution is 5.96. The third-order valence-corrected chi connectivity index (χ3v) is 3.07. The number of pyridine rings is 1. The molecule has 1 aliphatic heterocycles. The average molecular weight is 250 g/mol. The van der Waals surface area contributed by atoms with E-state index in [9.17, 15) is 14.4 Å². The molecule has 0 aliphatic carbocycles. The number of nitrogens with one attached hydrogen (secondary N) is 1. The molecule has 2 rings (SSSR count). The summed E-state index contributed by atoms with van der Waals surface area (Å²) in [5, 5.41) is 9.10. The lowest BCUT2D eigenvalue weighted by molar-refractivity contribution is -0.143. The summed E-state index contributed by atoms with van der Waals surface area (Å²) in [7, 11) is 0. The van der Waals surface area contributed by atoms with Crippen LogP contribution in [0.1, 0.15) is 29.6 Å². The number of carboxylic acids is 1. The fraction of sp³-hybridized carbons (Fsp3) is 0.417. The maximum atomic E-state index is 12.2. The predicted octanol–water partition coefficient (Wildman–Crippen LogP) is 0.454. The molecule has 0 unspecified atom stereocenters. The van der Waals surface area contributed by atoms with E-state index in [1.807, 2.05) is 0 Å². The van der Waals surface area contributed by atoms with Gasteiger partial charge in [0.15, 0.2) is 0 Å². The molecule has 1 saturated heterocycles. The van der Waals surface area contributed by atoms with E-state index in [1.165, 1.54) is 23.2 Å². The lowest BCUT2D eigenvalue weighted by Gasteiger charge is -2.32. The van der Waals surface area contributed by atoms with Crippen LogP contribution < -0.4 is 5.56 Å². The number of carbonyl (C=O) groups excluding carboxylic acids is 1. The molecule has 96 valence electrons. The molecule has 0 radical (unpaired) electrons. The first-order valence-electron chi connectivity index (χ1n) is 5.82. The van der Waals surface area contributed by atoms with Gasteiger partial charge in [-0.05, 0) is 25.3 Å². The molecule has 18 heavy (non-hydrogen) atoms. The van der Waals surface area contributed by atoms with Gasteiger partial charge in [-0.1, -0.05) is 0 Å². The number of H-pyrrole nitrogens is 1. The lowest BCUT2D eigenvalue weighted by atomic mass is 10.0. The first kappa shape index (κ1) is 12.3. The Labute approximate surface area is 103 Å². The molecule has 1 atom stereocenters. The monoisotopic (exact) mass is 250 g/mol. The molecule has 1 amide bonds. The minimum atomic E-state index is -0.993. The number of carbonyl (C=O) groups is 2. The highest BCUT2D eigenvalue weighted by atomic mass is 16.4. The van der Waals surface area contributed by atoms with Gasteiger partial charge in [-0.3, -0.25) is 9.59 Å². The van der Waals surface area contributed by atoms with Crippen molar-refractivity contribution in [1.29, 1.82) is 0 Å². The van der Waals surface area contributed by atoms with Crippen molar-refractivity contribution >= 4 is 11.9 Å². The Morgan fingerprint density at radius 3 is 2.83 bits per heavy atom. The summed E-state index contributed by atoms with van der Waals surface area (Å²) < 4.78 is 0. The van der Waals surface area contributed by atoms with Crippen molar-refractivity contribution in [3.63, 3.8) is 0 Å². The molecule has 1 aromatic rings. The Morgan fingerprint density at radius 2 is 2.17 bits per heavy atom. The fourth-order valence-corrected chi connectivity index (χ4v) is 2.17. The third-order valence-electron chi connectivity index (χ3n) is 3.07. The number of carboxylic acid groups (broad SMARTS) is 1. The number of likely N-dealkylation sites (tertiary alicyclic amines) is 1. The molecule has 0 saturated carbocycles. The van der Waals surface area contributed by atoms with E-state index in [2.05, 4.69) is 4.98 Å². The van der Waals surface area contributed by atoms with E-state index in [0.29, 0.717) is 13.0 Å². The van der Waals surface area contributed by atoms with Crippen LogP contribution >= 0.6 is 0 Å². The number of hydrogen-bond acceptors (Lipinski definition) is 3. The fourth-order valence-electron chi connectivity index (χ4n) is 2.17. The van der Waals surface area contributed by atoms with Crippen LogP contribution in [0.25, 0.3) is 0 Å². The summed E-state index contributed by atoms with van der Waals surface area (Å²) in [6.45, 7) is 0.419. The summed E-state index contributed by atoms with van der Waals surface area (Å²) >= 11 is 0. The quantitative estimate of drug-likeness (QED) is 0.797. The molecule has 0 bridgehead atoms. The van der Waals surface area contributed by atoms with Gasteiger partial charge >= 0.3 is 5.97 Å². The first-order valence-corrected chi connectivity index (χ1v) is 5.82. The van der Waals surface area contributed by atoms with Gasteiger partial charge in [-0.25, -0.2) is 4.79 Å². The zero-order valence-electron chi connectivity index (χ0n) is 9.76. The highest BCUT2D eigenvalue weighted by Crippen LogP contribution is 2.19. The Kier molecular flexibility index (Phi) is 3.45. The summed E-state index contributed by atoms with van der Waals surface area (Å²) in [5.74, 6) is -1.39. The Hall–Kier alpha value is -2.11. The number of aromatic amines is 1. The van der Waals surface area contributed by atoms with E-state index < -0.39 is 17.9 Å². The Morgan fingerprint density at radius 1 is 1.39 bits per heavy atom. The van der Waals surface area contributed by atoms with Gasteiger partial charge in [0.05, 0.1) is 0 Å². The lowest BCUT2D eigenvalue weighted by Crippen LogP contribution is -2.48. The summed E-state index contributed by atoms with van der Waals surface area (Å²) in [4.78, 5) is 38.2. The largest absolute Gasteiger partial charge is 0.480 e.